The Balaban J connectivity index is 0.970. The first-order valence-corrected chi connectivity index (χ1v) is 24.6. The van der Waals surface area contributed by atoms with E-state index in [1.807, 2.05) is 0 Å². The fraction of sp³-hybridized carbons (Fsp3) is 0.0145. The number of hydrogen-bond donors (Lipinski definition) is 0. The van der Waals surface area contributed by atoms with Gasteiger partial charge in [-0.2, -0.15) is 0 Å². The maximum absolute atomic E-state index is 2.52. The first-order chi connectivity index (χ1) is 35.2. The third kappa shape index (κ3) is 6.49. The highest BCUT2D eigenvalue weighted by Gasteiger charge is 2.52. The van der Waals surface area contributed by atoms with E-state index in [1.165, 1.54) is 88.3 Å². The molecule has 12 aromatic carbocycles. The van der Waals surface area contributed by atoms with Crippen LogP contribution in [-0.4, -0.2) is 0 Å². The van der Waals surface area contributed by atoms with Crippen LogP contribution >= 0.6 is 0 Å². The van der Waals surface area contributed by atoms with Gasteiger partial charge >= 0.3 is 0 Å². The van der Waals surface area contributed by atoms with E-state index < -0.39 is 5.41 Å². The average Bonchev–Trinajstić information content (AvgIpc) is 3.91. The molecule has 0 aromatic heterocycles. The lowest BCUT2D eigenvalue weighted by Gasteiger charge is -2.32. The van der Waals surface area contributed by atoms with Gasteiger partial charge in [-0.05, 0) is 173 Å². The molecule has 0 unspecified atom stereocenters. The Morgan fingerprint density at radius 2 is 0.662 bits per heavy atom. The molecule has 0 aliphatic heterocycles. The molecule has 0 radical (unpaired) electrons. The molecular weight excluding hydrogens is 857 g/mol. The number of fused-ring (bicyclic) bond motifs is 13. The summed E-state index contributed by atoms with van der Waals surface area (Å²) in [4.78, 5) is 4.79. The Kier molecular flexibility index (Phi) is 9.47. The second kappa shape index (κ2) is 16.5. The summed E-state index contributed by atoms with van der Waals surface area (Å²) in [5, 5.41) is 4.89. The van der Waals surface area contributed by atoms with Crippen molar-refractivity contribution in [3.63, 3.8) is 0 Å². The highest BCUT2D eigenvalue weighted by atomic mass is 15.1. The summed E-state index contributed by atoms with van der Waals surface area (Å²) in [6, 6.07) is 103. The van der Waals surface area contributed by atoms with Crippen molar-refractivity contribution in [2.24, 2.45) is 0 Å². The lowest BCUT2D eigenvalue weighted by atomic mass is 9.69. The molecule has 0 amide bonds. The Morgan fingerprint density at radius 3 is 1.23 bits per heavy atom. The number of rotatable bonds is 8. The number of nitrogens with zero attached hydrogens (tertiary/aromatic N) is 2. The van der Waals surface area contributed by atoms with E-state index in [0.29, 0.717) is 0 Å². The summed E-state index contributed by atoms with van der Waals surface area (Å²) in [7, 11) is 0. The Labute approximate surface area is 414 Å². The van der Waals surface area contributed by atoms with Crippen molar-refractivity contribution in [2.45, 2.75) is 5.41 Å². The maximum Gasteiger partial charge on any atom is 0.0731 e. The van der Waals surface area contributed by atoms with Gasteiger partial charge in [0.15, 0.2) is 0 Å². The molecule has 0 N–H and O–H groups in total. The monoisotopic (exact) mass is 902 g/mol. The zero-order valence-corrected chi connectivity index (χ0v) is 39.0. The lowest BCUT2D eigenvalue weighted by molar-refractivity contribution is 0.802. The molecule has 2 aliphatic carbocycles. The minimum absolute atomic E-state index is 0.546. The van der Waals surface area contributed by atoms with Gasteiger partial charge < -0.3 is 9.80 Å². The van der Waals surface area contributed by atoms with Crippen LogP contribution in [0.2, 0.25) is 0 Å². The molecule has 2 heteroatoms. The molecule has 12 aromatic rings. The molecule has 0 saturated heterocycles. The van der Waals surface area contributed by atoms with Crippen LogP contribution in [0.1, 0.15) is 22.3 Å². The Hall–Kier alpha value is -9.24. The van der Waals surface area contributed by atoms with E-state index in [4.69, 9.17) is 0 Å². The Bertz CT molecular complexity index is 3950. The van der Waals surface area contributed by atoms with Crippen LogP contribution in [-0.2, 0) is 5.41 Å². The SMILES string of the molecule is c1ccc(-c2cccc(N(c3ccccc3)c3ccc4cc5c(cc4c3)C3(c4ccccc4-c4ccccc43)c3c-5ccc4cc(N(c5ccccc5)c5cccc(-c6ccccc6)c5)ccc34)c2)cc1. The van der Waals surface area contributed by atoms with E-state index in [1.54, 1.807) is 0 Å². The zero-order valence-electron chi connectivity index (χ0n) is 39.0. The zero-order chi connectivity index (χ0) is 46.9. The average molecular weight is 903 g/mol. The summed E-state index contributed by atoms with van der Waals surface area (Å²) in [5.74, 6) is 0. The van der Waals surface area contributed by atoms with Crippen LogP contribution in [0.5, 0.6) is 0 Å². The van der Waals surface area contributed by atoms with E-state index in [-0.39, 0.29) is 0 Å². The number of benzene rings is 12. The first-order valence-electron chi connectivity index (χ1n) is 24.6. The fourth-order valence-electron chi connectivity index (χ4n) is 11.9. The van der Waals surface area contributed by atoms with Crippen LogP contribution in [0.4, 0.5) is 34.1 Å². The van der Waals surface area contributed by atoms with Crippen LogP contribution in [0.25, 0.3) is 66.1 Å². The fourth-order valence-corrected chi connectivity index (χ4v) is 11.9. The van der Waals surface area contributed by atoms with Crippen LogP contribution in [0.3, 0.4) is 0 Å². The van der Waals surface area contributed by atoms with Crippen molar-refractivity contribution in [3.8, 4) is 44.5 Å². The van der Waals surface area contributed by atoms with E-state index in [2.05, 4.69) is 289 Å². The van der Waals surface area contributed by atoms with Crippen LogP contribution in [0, 0.1) is 0 Å². The van der Waals surface area contributed by atoms with Gasteiger partial charge in [-0.3, -0.25) is 0 Å². The van der Waals surface area contributed by atoms with Crippen molar-refractivity contribution in [3.05, 3.63) is 301 Å². The van der Waals surface area contributed by atoms with E-state index in [9.17, 15) is 0 Å². The van der Waals surface area contributed by atoms with Crippen molar-refractivity contribution in [1.82, 2.24) is 0 Å². The summed E-state index contributed by atoms with van der Waals surface area (Å²) in [6.07, 6.45) is 0. The summed E-state index contributed by atoms with van der Waals surface area (Å²) in [6.45, 7) is 0. The summed E-state index contributed by atoms with van der Waals surface area (Å²) < 4.78 is 0. The molecule has 0 saturated carbocycles. The van der Waals surface area contributed by atoms with E-state index in [0.717, 1.165) is 34.1 Å². The molecule has 0 fully saturated rings. The van der Waals surface area contributed by atoms with Crippen LogP contribution < -0.4 is 9.80 Å². The maximum atomic E-state index is 2.52. The molecule has 1 spiro atoms. The third-order valence-corrected chi connectivity index (χ3v) is 15.0. The lowest BCUT2D eigenvalue weighted by Crippen LogP contribution is -2.26. The largest absolute Gasteiger partial charge is 0.310 e. The molecule has 332 valence electrons. The van der Waals surface area contributed by atoms with Crippen molar-refractivity contribution in [2.75, 3.05) is 9.80 Å². The molecule has 0 atom stereocenters. The normalized spacial score (nSPS) is 12.6. The minimum atomic E-state index is -0.546. The highest BCUT2D eigenvalue weighted by molar-refractivity contribution is 6.07. The van der Waals surface area contributed by atoms with E-state index >= 15 is 0 Å². The first kappa shape index (κ1) is 40.8. The van der Waals surface area contributed by atoms with Gasteiger partial charge in [-0.25, -0.2) is 0 Å². The second-order valence-corrected chi connectivity index (χ2v) is 18.8. The topological polar surface area (TPSA) is 6.48 Å². The van der Waals surface area contributed by atoms with Gasteiger partial charge in [-0.1, -0.05) is 194 Å². The Morgan fingerprint density at radius 1 is 0.225 bits per heavy atom. The molecule has 0 bridgehead atoms. The molecule has 2 aliphatic rings. The quantitative estimate of drug-likeness (QED) is 0.150. The summed E-state index contributed by atoms with van der Waals surface area (Å²) in [5.41, 5.74) is 21.4. The van der Waals surface area contributed by atoms with Gasteiger partial charge in [0.1, 0.15) is 0 Å². The van der Waals surface area contributed by atoms with Gasteiger partial charge in [-0.15, -0.1) is 0 Å². The van der Waals surface area contributed by atoms with Gasteiger partial charge in [0, 0.05) is 34.1 Å². The van der Waals surface area contributed by atoms with Gasteiger partial charge in [0.25, 0.3) is 0 Å². The smallest absolute Gasteiger partial charge is 0.0731 e. The van der Waals surface area contributed by atoms with Crippen molar-refractivity contribution >= 4 is 55.7 Å². The second-order valence-electron chi connectivity index (χ2n) is 18.8. The predicted octanol–water partition coefficient (Wildman–Crippen LogP) is 18.6. The number of hydrogen-bond acceptors (Lipinski definition) is 2. The predicted molar refractivity (Wildman–Crippen MR) is 298 cm³/mol. The van der Waals surface area contributed by atoms with Gasteiger partial charge in [0.2, 0.25) is 0 Å². The molecule has 14 rings (SSSR count). The standard InChI is InChI=1S/C69H46N2/c1-5-19-47(20-6-1)49-23-17-29-56(41-49)70(54-25-9-3-10-26-54)58-37-35-51-45-64-63-39-36-52-43-59(71(55-27-11-4-12-28-55)57-30-18-24-50(42-57)48-21-7-2-8-22-48)38-40-60(52)68(63)69(67(64)46-53(51)44-58)65-33-15-13-31-61(65)62-32-14-16-34-66(62)69/h1-46H. The highest BCUT2D eigenvalue weighted by Crippen LogP contribution is 2.64. The number of para-hydroxylation sites is 2. The summed E-state index contributed by atoms with van der Waals surface area (Å²) >= 11 is 0. The van der Waals surface area contributed by atoms with Gasteiger partial charge in [0.05, 0.1) is 5.41 Å². The van der Waals surface area contributed by atoms with Crippen molar-refractivity contribution < 1.29 is 0 Å². The minimum Gasteiger partial charge on any atom is -0.310 e. The molecular formula is C69H46N2. The number of anilines is 6. The van der Waals surface area contributed by atoms with Crippen molar-refractivity contribution in [1.29, 1.82) is 0 Å². The molecule has 2 nitrogen and oxygen atoms in total. The van der Waals surface area contributed by atoms with Crippen LogP contribution in [0.15, 0.2) is 279 Å². The third-order valence-electron chi connectivity index (χ3n) is 15.0. The molecule has 71 heavy (non-hydrogen) atoms. The molecule has 0 heterocycles.